The molecule has 0 rings (SSSR count). The molecule has 0 fully saturated rings. The van der Waals surface area contributed by atoms with Gasteiger partial charge in [-0.3, -0.25) is 4.79 Å². The third-order valence-electron chi connectivity index (χ3n) is 2.06. The lowest BCUT2D eigenvalue weighted by molar-refractivity contribution is -0.150. The van der Waals surface area contributed by atoms with E-state index in [9.17, 15) is 14.3 Å². The van der Waals surface area contributed by atoms with Crippen molar-refractivity contribution in [3.63, 3.8) is 0 Å². The maximum absolute atomic E-state index is 12.4. The number of alkyl halides is 1. The number of hydrogen-bond acceptors (Lipinski definition) is 4. The van der Waals surface area contributed by atoms with Gasteiger partial charge in [-0.2, -0.15) is 0 Å². The van der Waals surface area contributed by atoms with Gasteiger partial charge in [-0.05, 0) is 6.42 Å². The number of halogens is 1. The minimum absolute atomic E-state index is 0.160. The smallest absolute Gasteiger partial charge is 0.308 e. The van der Waals surface area contributed by atoms with E-state index in [4.69, 9.17) is 9.84 Å². The summed E-state index contributed by atoms with van der Waals surface area (Å²) in [5, 5.41) is 18.1. The molecule has 0 amide bonds. The van der Waals surface area contributed by atoms with Crippen LogP contribution in [0.15, 0.2) is 0 Å². The van der Waals surface area contributed by atoms with Crippen LogP contribution >= 0.6 is 0 Å². The van der Waals surface area contributed by atoms with Gasteiger partial charge in [-0.1, -0.05) is 13.3 Å². The van der Waals surface area contributed by atoms with Gasteiger partial charge in [-0.25, -0.2) is 4.39 Å². The Morgan fingerprint density at radius 2 is 2.20 bits per heavy atom. The first-order chi connectivity index (χ1) is 7.08. The number of esters is 1. The molecule has 0 spiro atoms. The molecule has 5 heteroatoms. The molecule has 0 bridgehead atoms. The van der Waals surface area contributed by atoms with Gasteiger partial charge in [0.1, 0.15) is 12.3 Å². The Bertz CT molecular complexity index is 186. The van der Waals surface area contributed by atoms with Crippen molar-refractivity contribution in [1.29, 1.82) is 0 Å². The van der Waals surface area contributed by atoms with Gasteiger partial charge < -0.3 is 14.9 Å². The second-order valence-electron chi connectivity index (χ2n) is 3.58. The molecule has 0 aliphatic carbocycles. The van der Waals surface area contributed by atoms with Crippen LogP contribution in [0.1, 0.15) is 32.6 Å². The molecule has 2 N–H and O–H groups in total. The van der Waals surface area contributed by atoms with E-state index >= 15 is 0 Å². The van der Waals surface area contributed by atoms with Crippen molar-refractivity contribution in [1.82, 2.24) is 0 Å². The lowest BCUT2D eigenvalue weighted by atomic mass is 9.98. The fourth-order valence-corrected chi connectivity index (χ4v) is 1.06. The Morgan fingerprint density at radius 3 is 2.67 bits per heavy atom. The number of aliphatic hydroxyl groups excluding tert-OH is 1. The lowest BCUT2D eigenvalue weighted by Crippen LogP contribution is -2.36. The molecule has 1 atom stereocenters. The second kappa shape index (κ2) is 7.59. The van der Waals surface area contributed by atoms with Crippen LogP contribution in [0.3, 0.4) is 0 Å². The third-order valence-corrected chi connectivity index (χ3v) is 2.06. The van der Waals surface area contributed by atoms with Crippen molar-refractivity contribution in [2.24, 2.45) is 0 Å². The first kappa shape index (κ1) is 14.3. The first-order valence-electron chi connectivity index (χ1n) is 5.13. The average Bonchev–Trinajstić information content (AvgIpc) is 2.18. The molecule has 0 aliphatic rings. The zero-order valence-corrected chi connectivity index (χ0v) is 9.04. The van der Waals surface area contributed by atoms with E-state index in [-0.39, 0.29) is 19.6 Å². The van der Waals surface area contributed by atoms with Crippen LogP contribution in [0.25, 0.3) is 0 Å². The molecule has 15 heavy (non-hydrogen) atoms. The summed E-state index contributed by atoms with van der Waals surface area (Å²) in [6.45, 7) is 0.827. The maximum atomic E-state index is 12.4. The number of carbonyl (C=O) groups is 1. The topological polar surface area (TPSA) is 66.8 Å². The Labute approximate surface area is 89.1 Å². The molecule has 1 unspecified atom stereocenters. The molecule has 0 aliphatic heterocycles. The molecular formula is C10H19FO4. The van der Waals surface area contributed by atoms with E-state index in [0.29, 0.717) is 0 Å². The Kier molecular flexibility index (Phi) is 7.25. The number of aliphatic hydroxyl groups is 2. The Morgan fingerprint density at radius 1 is 1.53 bits per heavy atom. The monoisotopic (exact) mass is 222 g/mol. The summed E-state index contributed by atoms with van der Waals surface area (Å²) < 4.78 is 17.2. The molecule has 0 aromatic heterocycles. The highest BCUT2D eigenvalue weighted by atomic mass is 19.1. The van der Waals surface area contributed by atoms with E-state index in [1.165, 1.54) is 0 Å². The predicted molar refractivity (Wildman–Crippen MR) is 53.1 cm³/mol. The second-order valence-corrected chi connectivity index (χ2v) is 3.58. The highest BCUT2D eigenvalue weighted by Gasteiger charge is 2.30. The number of rotatable bonds is 8. The van der Waals surface area contributed by atoms with E-state index in [1.54, 1.807) is 0 Å². The SMILES string of the molecule is CCCCOC(=O)CC(O)(CF)CCO. The summed E-state index contributed by atoms with van der Waals surface area (Å²) >= 11 is 0. The van der Waals surface area contributed by atoms with Crippen molar-refractivity contribution in [3.8, 4) is 0 Å². The van der Waals surface area contributed by atoms with Crippen molar-refractivity contribution < 1.29 is 24.1 Å². The van der Waals surface area contributed by atoms with Gasteiger partial charge in [-0.15, -0.1) is 0 Å². The Balaban J connectivity index is 3.90. The van der Waals surface area contributed by atoms with Crippen molar-refractivity contribution in [3.05, 3.63) is 0 Å². The van der Waals surface area contributed by atoms with Gasteiger partial charge in [0.15, 0.2) is 0 Å². The lowest BCUT2D eigenvalue weighted by Gasteiger charge is -2.22. The summed E-state index contributed by atoms with van der Waals surface area (Å²) in [7, 11) is 0. The molecule has 0 saturated carbocycles. The summed E-state index contributed by atoms with van der Waals surface area (Å²) in [5.74, 6) is -0.628. The van der Waals surface area contributed by atoms with E-state index in [0.717, 1.165) is 12.8 Å². The normalized spacial score (nSPS) is 14.7. The van der Waals surface area contributed by atoms with E-state index in [1.807, 2.05) is 6.92 Å². The molecular weight excluding hydrogens is 203 g/mol. The van der Waals surface area contributed by atoms with Crippen molar-refractivity contribution >= 4 is 5.97 Å². The van der Waals surface area contributed by atoms with Crippen LogP contribution in [-0.2, 0) is 9.53 Å². The van der Waals surface area contributed by atoms with Crippen LogP contribution in [0.5, 0.6) is 0 Å². The fourth-order valence-electron chi connectivity index (χ4n) is 1.06. The number of hydrogen-bond donors (Lipinski definition) is 2. The third kappa shape index (κ3) is 6.41. The molecule has 0 aromatic rings. The molecule has 90 valence electrons. The molecule has 0 aromatic carbocycles. The van der Waals surface area contributed by atoms with Gasteiger partial charge in [0, 0.05) is 13.0 Å². The standard InChI is InChI=1S/C10H19FO4/c1-2-3-6-15-9(13)7-10(14,8-11)4-5-12/h12,14H,2-8H2,1H3. The Hall–Kier alpha value is -0.680. The van der Waals surface area contributed by atoms with Crippen LogP contribution in [-0.4, -0.2) is 41.7 Å². The van der Waals surface area contributed by atoms with E-state index in [2.05, 4.69) is 0 Å². The first-order valence-corrected chi connectivity index (χ1v) is 5.13. The largest absolute Gasteiger partial charge is 0.466 e. The van der Waals surface area contributed by atoms with Crippen LogP contribution in [0.2, 0.25) is 0 Å². The number of carbonyl (C=O) groups excluding carboxylic acids is 1. The maximum Gasteiger partial charge on any atom is 0.308 e. The van der Waals surface area contributed by atoms with Crippen molar-refractivity contribution in [2.45, 2.75) is 38.2 Å². The van der Waals surface area contributed by atoms with Crippen molar-refractivity contribution in [2.75, 3.05) is 19.9 Å². The molecule has 4 nitrogen and oxygen atoms in total. The van der Waals surface area contributed by atoms with Crippen LogP contribution in [0, 0.1) is 0 Å². The highest BCUT2D eigenvalue weighted by Crippen LogP contribution is 2.16. The minimum atomic E-state index is -1.78. The van der Waals surface area contributed by atoms with Crippen LogP contribution in [0.4, 0.5) is 4.39 Å². The summed E-state index contributed by atoms with van der Waals surface area (Å²) in [5.41, 5.74) is -1.78. The summed E-state index contributed by atoms with van der Waals surface area (Å²) in [6.07, 6.45) is 1.08. The zero-order valence-electron chi connectivity index (χ0n) is 9.04. The number of ether oxygens (including phenoxy) is 1. The minimum Gasteiger partial charge on any atom is -0.466 e. The number of unbranched alkanes of at least 4 members (excludes halogenated alkanes) is 1. The molecule has 0 heterocycles. The molecule has 0 saturated heterocycles. The fraction of sp³-hybridized carbons (Fsp3) is 0.900. The van der Waals surface area contributed by atoms with Gasteiger partial charge >= 0.3 is 5.97 Å². The predicted octanol–water partition coefficient (Wildman–Crippen LogP) is 0.803. The highest BCUT2D eigenvalue weighted by molar-refractivity contribution is 5.70. The van der Waals surface area contributed by atoms with Gasteiger partial charge in [0.05, 0.1) is 13.0 Å². The zero-order chi connectivity index (χ0) is 11.7. The quantitative estimate of drug-likeness (QED) is 0.471. The van der Waals surface area contributed by atoms with E-state index < -0.39 is 24.7 Å². The van der Waals surface area contributed by atoms with Gasteiger partial charge in [0.2, 0.25) is 0 Å². The van der Waals surface area contributed by atoms with Crippen LogP contribution < -0.4 is 0 Å². The summed E-state index contributed by atoms with van der Waals surface area (Å²) in [6, 6.07) is 0. The van der Waals surface area contributed by atoms with Gasteiger partial charge in [0.25, 0.3) is 0 Å². The summed E-state index contributed by atoms with van der Waals surface area (Å²) in [4.78, 5) is 11.1. The average molecular weight is 222 g/mol. The molecule has 0 radical (unpaired) electrons.